The fourth-order valence-electron chi connectivity index (χ4n) is 2.85. The van der Waals surface area contributed by atoms with E-state index >= 15 is 0 Å². The number of nitrogens with zero attached hydrogens (tertiary/aromatic N) is 1. The first-order chi connectivity index (χ1) is 12.5. The largest absolute Gasteiger partial charge is 0.344 e. The number of hydrazine groups is 1. The zero-order chi connectivity index (χ0) is 18.7. The van der Waals surface area contributed by atoms with Gasteiger partial charge in [0.2, 0.25) is 0 Å². The Hall–Kier alpha value is -3.00. The maximum atomic E-state index is 13.7. The van der Waals surface area contributed by atoms with Crippen LogP contribution in [0.5, 0.6) is 0 Å². The lowest BCUT2D eigenvalue weighted by molar-refractivity contribution is -0.133. The summed E-state index contributed by atoms with van der Waals surface area (Å²) in [4.78, 5) is 25.3. The number of hydrogen-bond donors (Lipinski definition) is 3. The van der Waals surface area contributed by atoms with Crippen molar-refractivity contribution in [3.05, 3.63) is 66.0 Å². The lowest BCUT2D eigenvalue weighted by Gasteiger charge is -2.25. The van der Waals surface area contributed by atoms with Gasteiger partial charge < -0.3 is 10.6 Å². The van der Waals surface area contributed by atoms with Crippen LogP contribution in [0.2, 0.25) is 0 Å². The monoisotopic (exact) mass is 372 g/mol. The highest BCUT2D eigenvalue weighted by molar-refractivity contribution is 7.80. The average Bonchev–Trinajstić information content (AvgIpc) is 2.89. The zero-order valence-corrected chi connectivity index (χ0v) is 14.8. The van der Waals surface area contributed by atoms with Gasteiger partial charge in [-0.3, -0.25) is 10.2 Å². The molecule has 8 heteroatoms. The van der Waals surface area contributed by atoms with Gasteiger partial charge >= 0.3 is 6.03 Å². The molecule has 2 aromatic carbocycles. The highest BCUT2D eigenvalue weighted by atomic mass is 32.1. The Morgan fingerprint density at radius 1 is 1.15 bits per heavy atom. The van der Waals surface area contributed by atoms with Crippen molar-refractivity contribution < 1.29 is 14.0 Å². The number of rotatable bonds is 4. The van der Waals surface area contributed by atoms with E-state index in [9.17, 15) is 14.0 Å². The van der Waals surface area contributed by atoms with Gasteiger partial charge in [-0.1, -0.05) is 49.4 Å². The number of carbonyl (C=O) groups is 2. The SMILES string of the molecule is CC[C@]1(c2ccccc2)NC(=O)N(NC(=S)Nc2ccccc2F)C1=O. The van der Waals surface area contributed by atoms with Crippen LogP contribution in [0.3, 0.4) is 0 Å². The van der Waals surface area contributed by atoms with Crippen LogP contribution in [0, 0.1) is 5.82 Å². The second-order valence-corrected chi connectivity index (χ2v) is 6.15. The smallest absolute Gasteiger partial charge is 0.329 e. The Kier molecular flexibility index (Phi) is 4.85. The van der Waals surface area contributed by atoms with Gasteiger partial charge in [0.05, 0.1) is 5.69 Å². The molecule has 0 aromatic heterocycles. The molecule has 1 aliphatic rings. The number of urea groups is 1. The van der Waals surface area contributed by atoms with Crippen LogP contribution in [-0.4, -0.2) is 22.1 Å². The second kappa shape index (κ2) is 7.09. The number of anilines is 1. The van der Waals surface area contributed by atoms with Crippen LogP contribution < -0.4 is 16.1 Å². The molecule has 0 aliphatic carbocycles. The lowest BCUT2D eigenvalue weighted by Crippen LogP contribution is -2.49. The van der Waals surface area contributed by atoms with Gasteiger partial charge in [0.15, 0.2) is 5.11 Å². The van der Waals surface area contributed by atoms with Gasteiger partial charge in [-0.2, -0.15) is 5.01 Å². The van der Waals surface area contributed by atoms with Crippen LogP contribution >= 0.6 is 12.2 Å². The third kappa shape index (κ3) is 3.11. The number of imide groups is 1. The summed E-state index contributed by atoms with van der Waals surface area (Å²) in [5.74, 6) is -0.977. The summed E-state index contributed by atoms with van der Waals surface area (Å²) in [7, 11) is 0. The molecular formula is C18H17FN4O2S. The predicted molar refractivity (Wildman–Crippen MR) is 99.5 cm³/mol. The molecule has 0 bridgehead atoms. The number of para-hydroxylation sites is 1. The number of halogens is 1. The van der Waals surface area contributed by atoms with E-state index in [0.29, 0.717) is 12.0 Å². The normalized spacial score (nSPS) is 19.2. The van der Waals surface area contributed by atoms with E-state index in [1.54, 1.807) is 36.4 Å². The zero-order valence-electron chi connectivity index (χ0n) is 14.0. The van der Waals surface area contributed by atoms with Gasteiger partial charge in [-0.15, -0.1) is 0 Å². The van der Waals surface area contributed by atoms with Gasteiger partial charge in [0.25, 0.3) is 5.91 Å². The molecule has 0 saturated carbocycles. The first kappa shape index (κ1) is 17.8. The number of benzene rings is 2. The quantitative estimate of drug-likeness (QED) is 0.569. The Labute approximate surface area is 155 Å². The van der Waals surface area contributed by atoms with E-state index in [2.05, 4.69) is 16.1 Å². The molecule has 0 unspecified atom stereocenters. The van der Waals surface area contributed by atoms with E-state index in [4.69, 9.17) is 12.2 Å². The van der Waals surface area contributed by atoms with Crippen molar-refractivity contribution in [2.75, 3.05) is 5.32 Å². The highest BCUT2D eigenvalue weighted by Gasteiger charge is 2.51. The third-order valence-corrected chi connectivity index (χ3v) is 4.42. The van der Waals surface area contributed by atoms with Crippen molar-refractivity contribution in [2.24, 2.45) is 0 Å². The van der Waals surface area contributed by atoms with Gasteiger partial charge in [0.1, 0.15) is 11.4 Å². The van der Waals surface area contributed by atoms with E-state index in [-0.39, 0.29) is 10.8 Å². The number of amides is 3. The van der Waals surface area contributed by atoms with Crippen molar-refractivity contribution in [1.82, 2.24) is 15.8 Å². The molecule has 0 radical (unpaired) electrons. The predicted octanol–water partition coefficient (Wildman–Crippen LogP) is 2.88. The first-order valence-corrected chi connectivity index (χ1v) is 8.43. The summed E-state index contributed by atoms with van der Waals surface area (Å²) in [6.07, 6.45) is 0.368. The van der Waals surface area contributed by atoms with Crippen molar-refractivity contribution in [3.8, 4) is 0 Å². The fraction of sp³-hybridized carbons (Fsp3) is 0.167. The fourth-order valence-corrected chi connectivity index (χ4v) is 3.05. The maximum Gasteiger partial charge on any atom is 0.344 e. The summed E-state index contributed by atoms with van der Waals surface area (Å²) in [5.41, 5.74) is 2.19. The van der Waals surface area contributed by atoms with E-state index in [1.807, 2.05) is 13.0 Å². The number of nitrogens with one attached hydrogen (secondary N) is 3. The van der Waals surface area contributed by atoms with E-state index < -0.39 is 23.3 Å². The number of thiocarbonyl (C=S) groups is 1. The lowest BCUT2D eigenvalue weighted by atomic mass is 9.87. The Bertz CT molecular complexity index is 861. The molecule has 1 heterocycles. The highest BCUT2D eigenvalue weighted by Crippen LogP contribution is 2.31. The van der Waals surface area contributed by atoms with Crippen LogP contribution in [0.4, 0.5) is 14.9 Å². The van der Waals surface area contributed by atoms with Crippen molar-refractivity contribution >= 4 is 35.0 Å². The summed E-state index contributed by atoms with van der Waals surface area (Å²) in [6, 6.07) is 14.3. The number of hydrogen-bond acceptors (Lipinski definition) is 3. The Morgan fingerprint density at radius 3 is 2.46 bits per heavy atom. The molecule has 26 heavy (non-hydrogen) atoms. The summed E-state index contributed by atoms with van der Waals surface area (Å²) >= 11 is 5.10. The molecule has 2 aromatic rings. The molecule has 0 spiro atoms. The molecule has 134 valence electrons. The van der Waals surface area contributed by atoms with Crippen molar-refractivity contribution in [3.63, 3.8) is 0 Å². The van der Waals surface area contributed by atoms with Crippen molar-refractivity contribution in [1.29, 1.82) is 0 Å². The minimum absolute atomic E-state index is 0.0708. The molecule has 1 atom stereocenters. The Morgan fingerprint density at radius 2 is 1.81 bits per heavy atom. The standard InChI is InChI=1S/C18H17FN4O2S/c1-2-18(12-8-4-3-5-9-12)15(24)23(17(25)21-18)22-16(26)20-14-11-7-6-10-13(14)19/h3-11H,2H2,1H3,(H,21,25)(H2,20,22,26)/t18-/m1/s1. The summed E-state index contributed by atoms with van der Waals surface area (Å²) in [6.45, 7) is 1.81. The van der Waals surface area contributed by atoms with E-state index in [0.717, 1.165) is 5.01 Å². The molecular weight excluding hydrogens is 355 g/mol. The van der Waals surface area contributed by atoms with Crippen LogP contribution in [0.15, 0.2) is 54.6 Å². The Balaban J connectivity index is 1.79. The number of carbonyl (C=O) groups excluding carboxylic acids is 2. The maximum absolute atomic E-state index is 13.7. The first-order valence-electron chi connectivity index (χ1n) is 8.02. The van der Waals surface area contributed by atoms with Crippen molar-refractivity contribution in [2.45, 2.75) is 18.9 Å². The molecule has 1 fully saturated rings. The molecule has 1 aliphatic heterocycles. The van der Waals surface area contributed by atoms with Gasteiger partial charge in [0, 0.05) is 0 Å². The molecule has 3 N–H and O–H groups in total. The van der Waals surface area contributed by atoms with Gasteiger partial charge in [-0.05, 0) is 36.3 Å². The molecule has 1 saturated heterocycles. The minimum Gasteiger partial charge on any atom is -0.329 e. The summed E-state index contributed by atoms with van der Waals surface area (Å²) < 4.78 is 13.7. The third-order valence-electron chi connectivity index (χ3n) is 4.22. The second-order valence-electron chi connectivity index (χ2n) is 5.74. The minimum atomic E-state index is -1.17. The van der Waals surface area contributed by atoms with Gasteiger partial charge in [-0.25, -0.2) is 9.18 Å². The molecule has 3 rings (SSSR count). The average molecular weight is 372 g/mol. The van der Waals surface area contributed by atoms with Crippen LogP contribution in [0.25, 0.3) is 0 Å². The topological polar surface area (TPSA) is 73.5 Å². The molecule has 6 nitrogen and oxygen atoms in total. The summed E-state index contributed by atoms with van der Waals surface area (Å²) in [5, 5.41) is 6.10. The van der Waals surface area contributed by atoms with Crippen LogP contribution in [0.1, 0.15) is 18.9 Å². The van der Waals surface area contributed by atoms with E-state index in [1.165, 1.54) is 12.1 Å². The van der Waals surface area contributed by atoms with Crippen LogP contribution in [-0.2, 0) is 10.3 Å². The molecule has 3 amide bonds.